The van der Waals surface area contributed by atoms with Crippen molar-refractivity contribution in [2.45, 2.75) is 50.1 Å². The molecule has 3 fully saturated rings. The zero-order valence-corrected chi connectivity index (χ0v) is 26.1. The summed E-state index contributed by atoms with van der Waals surface area (Å²) in [7, 11) is -1.18. The molecule has 4 aromatic carbocycles. The van der Waals surface area contributed by atoms with Crippen molar-refractivity contribution in [1.82, 2.24) is 9.80 Å². The molecule has 206 valence electrons. The Morgan fingerprint density at radius 2 is 0.650 bits per heavy atom. The van der Waals surface area contributed by atoms with Crippen LogP contribution in [0.2, 0.25) is 0 Å². The van der Waals surface area contributed by atoms with Gasteiger partial charge in [0.25, 0.3) is 0 Å². The maximum atomic E-state index is 2.87. The van der Waals surface area contributed by atoms with Crippen LogP contribution in [0.3, 0.4) is 0 Å². The van der Waals surface area contributed by atoms with E-state index in [1.54, 1.807) is 0 Å². The average molecular weight is 565 g/mol. The quantitative estimate of drug-likeness (QED) is 0.236. The van der Waals surface area contributed by atoms with Gasteiger partial charge in [-0.2, -0.15) is 0 Å². The number of rotatable bonds is 8. The van der Waals surface area contributed by atoms with Crippen molar-refractivity contribution in [1.29, 1.82) is 0 Å². The summed E-state index contributed by atoms with van der Waals surface area (Å²) in [5, 5.41) is 6.06. The summed E-state index contributed by atoms with van der Waals surface area (Å²) in [4.78, 5) is 5.74. The number of hydrogen-bond acceptors (Lipinski definition) is 2. The molecule has 4 aromatic rings. The molecule has 3 heterocycles. The van der Waals surface area contributed by atoms with Gasteiger partial charge in [0.2, 0.25) is 0 Å². The fraction of sp³-hybridized carbons (Fsp3) is 0.333. The standard InChI is InChI=1S/C36H42N2P2/c1-35(2,39(29-17-9-5-10-18-29)30-19-11-6-12-20-30)33-34(38-27-25-37(33)26-28-38)36(3,4)40(31-21-13-7-14-22-31)32-23-15-8-16-24-32/h5-24,33-34H,25-28H2,1-4H3/t33-,34-/m0/s1. The highest BCUT2D eigenvalue weighted by atomic mass is 31.1. The van der Waals surface area contributed by atoms with E-state index < -0.39 is 15.8 Å². The summed E-state index contributed by atoms with van der Waals surface area (Å²) in [5.41, 5.74) is 0. The number of benzene rings is 4. The van der Waals surface area contributed by atoms with Crippen LogP contribution >= 0.6 is 15.8 Å². The predicted octanol–water partition coefficient (Wildman–Crippen LogP) is 6.18. The van der Waals surface area contributed by atoms with Gasteiger partial charge in [0, 0.05) is 48.6 Å². The highest BCUT2D eigenvalue weighted by molar-refractivity contribution is 7.75. The molecule has 0 N–H and O–H groups in total. The van der Waals surface area contributed by atoms with Gasteiger partial charge in [0.05, 0.1) is 0 Å². The fourth-order valence-corrected chi connectivity index (χ4v) is 13.8. The van der Waals surface area contributed by atoms with Crippen molar-refractivity contribution in [2.24, 2.45) is 0 Å². The SMILES string of the molecule is CC(C)([C@@H]1[C@@H](C(C)(C)P(c2ccccc2)c2ccccc2)N2CCN1CC2)P(c1ccccc1)c1ccccc1. The zero-order valence-electron chi connectivity index (χ0n) is 24.3. The highest BCUT2D eigenvalue weighted by Crippen LogP contribution is 2.59. The minimum Gasteiger partial charge on any atom is -0.295 e. The van der Waals surface area contributed by atoms with Crippen LogP contribution in [0.5, 0.6) is 0 Å². The zero-order chi connectivity index (χ0) is 27.7. The molecule has 3 saturated heterocycles. The van der Waals surface area contributed by atoms with E-state index in [1.807, 2.05) is 0 Å². The van der Waals surface area contributed by atoms with Crippen LogP contribution in [0.4, 0.5) is 0 Å². The molecular weight excluding hydrogens is 522 g/mol. The largest absolute Gasteiger partial charge is 0.295 e. The Morgan fingerprint density at radius 1 is 0.425 bits per heavy atom. The number of hydrogen-bond donors (Lipinski definition) is 0. The first-order valence-electron chi connectivity index (χ1n) is 14.7. The van der Waals surface area contributed by atoms with Crippen LogP contribution in [-0.2, 0) is 0 Å². The lowest BCUT2D eigenvalue weighted by Crippen LogP contribution is -2.76. The molecule has 0 unspecified atom stereocenters. The van der Waals surface area contributed by atoms with E-state index in [2.05, 4.69) is 159 Å². The number of piperazine rings is 3. The molecule has 4 heteroatoms. The molecule has 2 bridgehead atoms. The lowest BCUT2D eigenvalue weighted by atomic mass is 9.81. The van der Waals surface area contributed by atoms with Crippen molar-refractivity contribution in [3.05, 3.63) is 121 Å². The van der Waals surface area contributed by atoms with Gasteiger partial charge in [0.15, 0.2) is 0 Å². The Hall–Kier alpha value is -2.34. The van der Waals surface area contributed by atoms with Crippen LogP contribution in [-0.4, -0.2) is 58.4 Å². The van der Waals surface area contributed by atoms with Crippen LogP contribution in [0.1, 0.15) is 27.7 Å². The fourth-order valence-electron chi connectivity index (χ4n) is 7.56. The van der Waals surface area contributed by atoms with E-state index in [0.717, 1.165) is 0 Å². The molecule has 0 radical (unpaired) electrons. The summed E-state index contributed by atoms with van der Waals surface area (Å²) in [6.07, 6.45) is 0. The second-order valence-electron chi connectivity index (χ2n) is 12.3. The number of nitrogens with zero attached hydrogens (tertiary/aromatic N) is 2. The van der Waals surface area contributed by atoms with Crippen LogP contribution in [0.25, 0.3) is 0 Å². The summed E-state index contributed by atoms with van der Waals surface area (Å²) in [6, 6.07) is 46.3. The Morgan fingerprint density at radius 3 is 0.875 bits per heavy atom. The first-order valence-corrected chi connectivity index (χ1v) is 17.4. The highest BCUT2D eigenvalue weighted by Gasteiger charge is 2.57. The second-order valence-corrected chi connectivity index (χ2v) is 18.0. The van der Waals surface area contributed by atoms with Gasteiger partial charge in [-0.25, -0.2) is 0 Å². The van der Waals surface area contributed by atoms with E-state index in [1.165, 1.54) is 47.4 Å². The molecule has 3 aliphatic heterocycles. The Balaban J connectivity index is 1.50. The molecule has 7 rings (SSSR count). The summed E-state index contributed by atoms with van der Waals surface area (Å²) >= 11 is 0. The predicted molar refractivity (Wildman–Crippen MR) is 177 cm³/mol. The topological polar surface area (TPSA) is 6.48 Å². The van der Waals surface area contributed by atoms with Gasteiger partial charge in [-0.3, -0.25) is 9.80 Å². The maximum Gasteiger partial charge on any atom is 0.0357 e. The van der Waals surface area contributed by atoms with Crippen molar-refractivity contribution >= 4 is 37.1 Å². The van der Waals surface area contributed by atoms with Crippen molar-refractivity contribution < 1.29 is 0 Å². The lowest BCUT2D eigenvalue weighted by Gasteiger charge is -2.64. The molecule has 0 aromatic heterocycles. The van der Waals surface area contributed by atoms with Crippen molar-refractivity contribution in [3.63, 3.8) is 0 Å². The van der Waals surface area contributed by atoms with Gasteiger partial charge in [-0.15, -0.1) is 0 Å². The normalized spacial score (nSPS) is 23.1. The third-order valence-electron chi connectivity index (χ3n) is 9.09. The van der Waals surface area contributed by atoms with Crippen LogP contribution in [0.15, 0.2) is 121 Å². The van der Waals surface area contributed by atoms with Gasteiger partial charge in [0.1, 0.15) is 0 Å². The molecule has 2 nitrogen and oxygen atoms in total. The second kappa shape index (κ2) is 11.5. The summed E-state index contributed by atoms with van der Waals surface area (Å²) in [5.74, 6) is 0. The molecule has 2 atom stereocenters. The number of fused-ring (bicyclic) bond motifs is 3. The Kier molecular flexibility index (Phi) is 8.00. The maximum absolute atomic E-state index is 2.87. The van der Waals surface area contributed by atoms with E-state index in [4.69, 9.17) is 0 Å². The van der Waals surface area contributed by atoms with Crippen molar-refractivity contribution in [2.75, 3.05) is 26.2 Å². The van der Waals surface area contributed by atoms with E-state index >= 15 is 0 Å². The average Bonchev–Trinajstić information content (AvgIpc) is 2.99. The molecule has 0 aliphatic carbocycles. The third kappa shape index (κ3) is 5.10. The monoisotopic (exact) mass is 564 g/mol. The Labute approximate surface area is 243 Å². The molecule has 0 spiro atoms. The van der Waals surface area contributed by atoms with Gasteiger partial charge in [-0.1, -0.05) is 149 Å². The minimum atomic E-state index is -0.591. The van der Waals surface area contributed by atoms with E-state index in [0.29, 0.717) is 12.1 Å². The molecule has 40 heavy (non-hydrogen) atoms. The molecule has 0 saturated carbocycles. The smallest absolute Gasteiger partial charge is 0.0357 e. The van der Waals surface area contributed by atoms with E-state index in [9.17, 15) is 0 Å². The molecular formula is C36H42N2P2. The minimum absolute atomic E-state index is 0.0629. The van der Waals surface area contributed by atoms with Crippen LogP contribution < -0.4 is 21.2 Å². The van der Waals surface area contributed by atoms with Crippen LogP contribution in [0, 0.1) is 0 Å². The lowest BCUT2D eigenvalue weighted by molar-refractivity contribution is -0.0597. The Bertz CT molecular complexity index is 1180. The molecule has 3 aliphatic rings. The first-order chi connectivity index (χ1) is 19.4. The first kappa shape index (κ1) is 27.8. The van der Waals surface area contributed by atoms with E-state index in [-0.39, 0.29) is 10.3 Å². The van der Waals surface area contributed by atoms with Gasteiger partial charge < -0.3 is 0 Å². The summed E-state index contributed by atoms with van der Waals surface area (Å²) in [6.45, 7) is 15.0. The van der Waals surface area contributed by atoms with Gasteiger partial charge in [-0.05, 0) is 37.1 Å². The van der Waals surface area contributed by atoms with Crippen molar-refractivity contribution in [3.8, 4) is 0 Å². The third-order valence-corrected chi connectivity index (χ3v) is 15.2. The van der Waals surface area contributed by atoms with Gasteiger partial charge >= 0.3 is 0 Å². The molecule has 0 amide bonds. The summed E-state index contributed by atoms with van der Waals surface area (Å²) < 4.78 is 0.